The summed E-state index contributed by atoms with van der Waals surface area (Å²) in [4.78, 5) is 2.09. The minimum Gasteiger partial charge on any atom is -0.317 e. The molecule has 4 heteroatoms. The maximum absolute atomic E-state index is 12.7. The van der Waals surface area contributed by atoms with Crippen molar-refractivity contribution in [3.63, 3.8) is 0 Å². The SMILES string of the molecule is CN(CCC(C)(F)F)C1CCCNCC1. The van der Waals surface area contributed by atoms with Gasteiger partial charge in [0.2, 0.25) is 5.92 Å². The minimum absolute atomic E-state index is 0.0343. The van der Waals surface area contributed by atoms with Gasteiger partial charge in [0.25, 0.3) is 0 Å². The monoisotopic (exact) mass is 220 g/mol. The molecule has 1 heterocycles. The van der Waals surface area contributed by atoms with E-state index in [1.54, 1.807) is 0 Å². The van der Waals surface area contributed by atoms with Crippen molar-refractivity contribution in [2.45, 2.75) is 44.6 Å². The molecular formula is C11H22F2N2. The first-order chi connectivity index (χ1) is 6.99. The second-order valence-electron chi connectivity index (χ2n) is 4.64. The average Bonchev–Trinajstić information content (AvgIpc) is 2.41. The molecule has 0 bridgehead atoms. The van der Waals surface area contributed by atoms with E-state index in [2.05, 4.69) is 10.2 Å². The maximum Gasteiger partial charge on any atom is 0.246 e. The Morgan fingerprint density at radius 2 is 2.07 bits per heavy atom. The lowest BCUT2D eigenvalue weighted by Crippen LogP contribution is -2.35. The predicted octanol–water partition coefficient (Wildman–Crippen LogP) is 2.11. The Balaban J connectivity index is 2.28. The van der Waals surface area contributed by atoms with E-state index in [0.29, 0.717) is 12.6 Å². The van der Waals surface area contributed by atoms with Crippen LogP contribution in [0.25, 0.3) is 0 Å². The van der Waals surface area contributed by atoms with Crippen molar-refractivity contribution < 1.29 is 8.78 Å². The van der Waals surface area contributed by atoms with E-state index in [1.807, 2.05) is 7.05 Å². The van der Waals surface area contributed by atoms with E-state index >= 15 is 0 Å². The van der Waals surface area contributed by atoms with Crippen molar-refractivity contribution >= 4 is 0 Å². The Labute approximate surface area is 91.0 Å². The molecule has 1 unspecified atom stereocenters. The number of nitrogens with one attached hydrogen (secondary N) is 1. The highest BCUT2D eigenvalue weighted by Gasteiger charge is 2.23. The van der Waals surface area contributed by atoms with E-state index in [9.17, 15) is 8.78 Å². The Kier molecular flexibility index (Phi) is 4.93. The largest absolute Gasteiger partial charge is 0.317 e. The molecule has 2 nitrogen and oxygen atoms in total. The van der Waals surface area contributed by atoms with Crippen molar-refractivity contribution in [3.05, 3.63) is 0 Å². The Hall–Kier alpha value is -0.220. The molecule has 1 aliphatic heterocycles. The summed E-state index contributed by atoms with van der Waals surface area (Å²) in [7, 11) is 1.96. The molecule has 1 rings (SSSR count). The van der Waals surface area contributed by atoms with Crippen LogP contribution in [-0.4, -0.2) is 43.5 Å². The number of halogens is 2. The van der Waals surface area contributed by atoms with E-state index in [4.69, 9.17) is 0 Å². The van der Waals surface area contributed by atoms with Gasteiger partial charge in [-0.25, -0.2) is 8.78 Å². The quantitative estimate of drug-likeness (QED) is 0.780. The molecule has 0 aromatic carbocycles. The molecule has 0 saturated carbocycles. The fourth-order valence-electron chi connectivity index (χ4n) is 2.00. The summed E-state index contributed by atoms with van der Waals surface area (Å²) >= 11 is 0. The molecule has 1 N–H and O–H groups in total. The van der Waals surface area contributed by atoms with Crippen molar-refractivity contribution in [3.8, 4) is 0 Å². The van der Waals surface area contributed by atoms with Gasteiger partial charge < -0.3 is 10.2 Å². The molecule has 1 atom stereocenters. The minimum atomic E-state index is -2.53. The fourth-order valence-corrected chi connectivity index (χ4v) is 2.00. The van der Waals surface area contributed by atoms with Gasteiger partial charge in [0.15, 0.2) is 0 Å². The third-order valence-electron chi connectivity index (χ3n) is 3.07. The molecule has 0 radical (unpaired) electrons. The van der Waals surface area contributed by atoms with Crippen LogP contribution in [0.3, 0.4) is 0 Å². The summed E-state index contributed by atoms with van der Waals surface area (Å²) in [5, 5.41) is 3.33. The van der Waals surface area contributed by atoms with E-state index in [1.165, 1.54) is 0 Å². The summed E-state index contributed by atoms with van der Waals surface area (Å²) in [6, 6.07) is 0.474. The summed E-state index contributed by atoms with van der Waals surface area (Å²) in [5.74, 6) is -2.53. The smallest absolute Gasteiger partial charge is 0.246 e. The zero-order valence-electron chi connectivity index (χ0n) is 9.73. The molecule has 0 aromatic heterocycles. The van der Waals surface area contributed by atoms with Gasteiger partial charge in [-0.2, -0.15) is 0 Å². The Bertz CT molecular complexity index is 172. The third kappa shape index (κ3) is 5.42. The van der Waals surface area contributed by atoms with Crippen LogP contribution in [-0.2, 0) is 0 Å². The molecular weight excluding hydrogens is 198 g/mol. The predicted molar refractivity (Wildman–Crippen MR) is 58.4 cm³/mol. The first-order valence-corrected chi connectivity index (χ1v) is 5.78. The molecule has 90 valence electrons. The van der Waals surface area contributed by atoms with Crippen LogP contribution in [0, 0.1) is 0 Å². The zero-order chi connectivity index (χ0) is 11.3. The molecule has 0 aliphatic carbocycles. The van der Waals surface area contributed by atoms with Gasteiger partial charge in [-0.15, -0.1) is 0 Å². The lowest BCUT2D eigenvalue weighted by Gasteiger charge is -2.27. The van der Waals surface area contributed by atoms with Gasteiger partial charge in [0.05, 0.1) is 0 Å². The lowest BCUT2D eigenvalue weighted by atomic mass is 10.1. The normalized spacial score (nSPS) is 24.2. The van der Waals surface area contributed by atoms with Crippen LogP contribution < -0.4 is 5.32 Å². The summed E-state index contributed by atoms with van der Waals surface area (Å²) < 4.78 is 25.4. The van der Waals surface area contributed by atoms with Crippen molar-refractivity contribution in [2.24, 2.45) is 0 Å². The van der Waals surface area contributed by atoms with Crippen molar-refractivity contribution in [1.82, 2.24) is 10.2 Å². The van der Waals surface area contributed by atoms with Crippen LogP contribution in [0.1, 0.15) is 32.6 Å². The van der Waals surface area contributed by atoms with Crippen LogP contribution in [0.4, 0.5) is 8.78 Å². The number of nitrogens with zero attached hydrogens (tertiary/aromatic N) is 1. The van der Waals surface area contributed by atoms with Gasteiger partial charge >= 0.3 is 0 Å². The average molecular weight is 220 g/mol. The van der Waals surface area contributed by atoms with Gasteiger partial charge in [-0.3, -0.25) is 0 Å². The number of alkyl halides is 2. The molecule has 0 spiro atoms. The van der Waals surface area contributed by atoms with E-state index in [0.717, 1.165) is 39.3 Å². The molecule has 1 saturated heterocycles. The lowest BCUT2D eigenvalue weighted by molar-refractivity contribution is 0.00151. The topological polar surface area (TPSA) is 15.3 Å². The van der Waals surface area contributed by atoms with Gasteiger partial charge in [0, 0.05) is 19.0 Å². The van der Waals surface area contributed by atoms with Gasteiger partial charge in [0.1, 0.15) is 0 Å². The van der Waals surface area contributed by atoms with Crippen molar-refractivity contribution in [2.75, 3.05) is 26.7 Å². The number of hydrogen-bond donors (Lipinski definition) is 1. The van der Waals surface area contributed by atoms with E-state index in [-0.39, 0.29) is 6.42 Å². The fraction of sp³-hybridized carbons (Fsp3) is 1.00. The third-order valence-corrected chi connectivity index (χ3v) is 3.07. The first-order valence-electron chi connectivity index (χ1n) is 5.78. The Morgan fingerprint density at radius 1 is 1.33 bits per heavy atom. The van der Waals surface area contributed by atoms with Crippen LogP contribution in [0.2, 0.25) is 0 Å². The highest BCUT2D eigenvalue weighted by Crippen LogP contribution is 2.19. The maximum atomic E-state index is 12.7. The first kappa shape index (κ1) is 12.8. The summed E-state index contributed by atoms with van der Waals surface area (Å²) in [6.45, 7) is 3.56. The second-order valence-corrected chi connectivity index (χ2v) is 4.64. The second kappa shape index (κ2) is 5.75. The highest BCUT2D eigenvalue weighted by molar-refractivity contribution is 4.75. The number of rotatable bonds is 4. The molecule has 1 fully saturated rings. The standard InChI is InChI=1S/C11H22F2N2/c1-11(12,13)6-9-15(2)10-4-3-7-14-8-5-10/h10,14H,3-9H2,1-2H3. The van der Waals surface area contributed by atoms with Crippen LogP contribution in [0.5, 0.6) is 0 Å². The van der Waals surface area contributed by atoms with Crippen molar-refractivity contribution in [1.29, 1.82) is 0 Å². The zero-order valence-corrected chi connectivity index (χ0v) is 9.73. The van der Waals surface area contributed by atoms with Crippen LogP contribution >= 0.6 is 0 Å². The van der Waals surface area contributed by atoms with Crippen LogP contribution in [0.15, 0.2) is 0 Å². The highest BCUT2D eigenvalue weighted by atomic mass is 19.3. The summed E-state index contributed by atoms with van der Waals surface area (Å²) in [6.07, 6.45) is 3.32. The number of hydrogen-bond acceptors (Lipinski definition) is 2. The van der Waals surface area contributed by atoms with Gasteiger partial charge in [-0.1, -0.05) is 0 Å². The van der Waals surface area contributed by atoms with E-state index < -0.39 is 5.92 Å². The molecule has 1 aliphatic rings. The molecule has 0 amide bonds. The molecule has 0 aromatic rings. The Morgan fingerprint density at radius 3 is 2.73 bits per heavy atom. The molecule has 15 heavy (non-hydrogen) atoms. The summed E-state index contributed by atoms with van der Waals surface area (Å²) in [5.41, 5.74) is 0. The van der Waals surface area contributed by atoms with Gasteiger partial charge in [-0.05, 0) is 46.3 Å².